The quantitative estimate of drug-likeness (QED) is 0.449. The number of nitrogens with one attached hydrogen (secondary N) is 1. The molecule has 0 aliphatic carbocycles. The van der Waals surface area contributed by atoms with Gasteiger partial charge in [-0.3, -0.25) is 19.1 Å². The number of piperidine rings is 1. The maximum Gasteiger partial charge on any atom is 0.244 e. The number of aromatic nitrogens is 3. The molecule has 0 saturated carbocycles. The van der Waals surface area contributed by atoms with Gasteiger partial charge in [-0.15, -0.1) is 0 Å². The maximum atomic E-state index is 12.9. The lowest BCUT2D eigenvalue weighted by Crippen LogP contribution is -2.45. The van der Waals surface area contributed by atoms with Gasteiger partial charge in [0, 0.05) is 49.6 Å². The molecule has 2 N–H and O–H groups in total. The van der Waals surface area contributed by atoms with Gasteiger partial charge in [-0.25, -0.2) is 4.98 Å². The molecule has 0 unspecified atom stereocenters. The van der Waals surface area contributed by atoms with Crippen molar-refractivity contribution in [2.75, 3.05) is 25.5 Å². The largest absolute Gasteiger partial charge is 0.496 e. The number of nitrogens with zero attached hydrogens (tertiary/aromatic N) is 4. The van der Waals surface area contributed by atoms with Gasteiger partial charge in [0.1, 0.15) is 23.8 Å². The fraction of sp³-hybridized carbons (Fsp3) is 0.444. The van der Waals surface area contributed by atoms with E-state index < -0.39 is 5.60 Å². The van der Waals surface area contributed by atoms with Gasteiger partial charge in [0.25, 0.3) is 0 Å². The van der Waals surface area contributed by atoms with Gasteiger partial charge in [-0.2, -0.15) is 5.10 Å². The number of benzene rings is 1. The lowest BCUT2D eigenvalue weighted by Gasteiger charge is -2.37. The number of pyridine rings is 1. The number of ether oxygens (including phenoxy) is 1. The summed E-state index contributed by atoms with van der Waals surface area (Å²) in [5.74, 6) is 0.510. The molecule has 0 bridgehead atoms. The molecule has 1 fully saturated rings. The molecule has 1 aromatic carbocycles. The highest BCUT2D eigenvalue weighted by Crippen LogP contribution is 2.29. The van der Waals surface area contributed by atoms with Gasteiger partial charge in [-0.05, 0) is 50.8 Å². The number of amides is 2. The van der Waals surface area contributed by atoms with E-state index in [9.17, 15) is 19.5 Å². The summed E-state index contributed by atoms with van der Waals surface area (Å²) in [6.45, 7) is 6.36. The number of carbonyl (C=O) groups excluding carboxylic acids is 3. The molecule has 4 rings (SSSR count). The van der Waals surface area contributed by atoms with E-state index in [1.165, 1.54) is 14.0 Å². The fourth-order valence-electron chi connectivity index (χ4n) is 4.74. The van der Waals surface area contributed by atoms with Crippen LogP contribution in [0.1, 0.15) is 49.7 Å². The molecule has 1 aliphatic rings. The highest BCUT2D eigenvalue weighted by molar-refractivity contribution is 5.97. The van der Waals surface area contributed by atoms with Gasteiger partial charge in [-0.1, -0.05) is 6.07 Å². The van der Waals surface area contributed by atoms with Crippen LogP contribution in [-0.4, -0.2) is 68.2 Å². The van der Waals surface area contributed by atoms with E-state index in [-0.39, 0.29) is 42.2 Å². The first-order chi connectivity index (χ1) is 17.5. The number of anilines is 1. The van der Waals surface area contributed by atoms with Crippen LogP contribution in [0.25, 0.3) is 10.9 Å². The van der Waals surface area contributed by atoms with Crippen molar-refractivity contribution >= 4 is 34.3 Å². The van der Waals surface area contributed by atoms with Crippen LogP contribution in [-0.2, 0) is 22.6 Å². The van der Waals surface area contributed by atoms with Crippen molar-refractivity contribution in [1.82, 2.24) is 19.7 Å². The predicted octanol–water partition coefficient (Wildman–Crippen LogP) is 2.83. The highest BCUT2D eigenvalue weighted by Gasteiger charge is 2.32. The molecule has 2 aromatic heterocycles. The minimum absolute atomic E-state index is 0.0190. The number of hydrogen-bond donors (Lipinski definition) is 2. The molecule has 3 heterocycles. The number of Topliss-reactive ketones (excluding diaryl/α,β-unsaturated/α-hetero) is 1. The van der Waals surface area contributed by atoms with Crippen molar-refractivity contribution < 1.29 is 24.2 Å². The van der Waals surface area contributed by atoms with Crippen molar-refractivity contribution in [2.45, 2.75) is 52.2 Å². The summed E-state index contributed by atoms with van der Waals surface area (Å²) in [6, 6.07) is 8.49. The third-order valence-electron chi connectivity index (χ3n) is 6.79. The van der Waals surface area contributed by atoms with E-state index in [2.05, 4.69) is 15.4 Å². The second kappa shape index (κ2) is 10.7. The average molecular weight is 508 g/mol. The van der Waals surface area contributed by atoms with Crippen molar-refractivity contribution in [3.8, 4) is 5.75 Å². The first kappa shape index (κ1) is 26.3. The third-order valence-corrected chi connectivity index (χ3v) is 6.79. The standard InChI is InChI=1S/C27H33N5O5/c1-17(33)28-25-7-5-6-21(29-25)23(34)13-18-12-19-15-32(30-22(19)14-24(18)37-4)16-26(35)31-10-8-20(9-11-31)27(2,3)36/h5-7,12,14-15,20,36H,8-11,13,16H2,1-4H3,(H,28,29,33). The second-order valence-corrected chi connectivity index (χ2v) is 10.0. The lowest BCUT2D eigenvalue weighted by molar-refractivity contribution is -0.134. The van der Waals surface area contributed by atoms with E-state index in [0.29, 0.717) is 35.7 Å². The molecule has 0 radical (unpaired) electrons. The van der Waals surface area contributed by atoms with Crippen LogP contribution in [0.3, 0.4) is 0 Å². The first-order valence-electron chi connectivity index (χ1n) is 12.4. The van der Waals surface area contributed by atoms with E-state index in [0.717, 1.165) is 18.2 Å². The van der Waals surface area contributed by atoms with Crippen molar-refractivity contribution in [2.24, 2.45) is 5.92 Å². The minimum Gasteiger partial charge on any atom is -0.496 e. The van der Waals surface area contributed by atoms with Gasteiger partial charge >= 0.3 is 0 Å². The smallest absolute Gasteiger partial charge is 0.244 e. The topological polar surface area (TPSA) is 127 Å². The highest BCUT2D eigenvalue weighted by atomic mass is 16.5. The van der Waals surface area contributed by atoms with E-state index in [4.69, 9.17) is 4.74 Å². The third kappa shape index (κ3) is 6.32. The number of ketones is 1. The number of hydrogen-bond acceptors (Lipinski definition) is 7. The number of rotatable bonds is 8. The van der Waals surface area contributed by atoms with Crippen LogP contribution in [0.5, 0.6) is 5.75 Å². The number of fused-ring (bicyclic) bond motifs is 1. The normalized spacial score (nSPS) is 14.6. The summed E-state index contributed by atoms with van der Waals surface area (Å²) in [5.41, 5.74) is 0.832. The van der Waals surface area contributed by atoms with Crippen LogP contribution in [0.4, 0.5) is 5.82 Å². The number of methoxy groups -OCH3 is 1. The van der Waals surface area contributed by atoms with Crippen LogP contribution in [0, 0.1) is 5.92 Å². The molecule has 1 saturated heterocycles. The average Bonchev–Trinajstić information content (AvgIpc) is 3.23. The van der Waals surface area contributed by atoms with Crippen molar-refractivity contribution in [1.29, 1.82) is 0 Å². The number of aliphatic hydroxyl groups is 1. The van der Waals surface area contributed by atoms with E-state index >= 15 is 0 Å². The number of likely N-dealkylation sites (tertiary alicyclic amines) is 1. The fourth-order valence-corrected chi connectivity index (χ4v) is 4.74. The molecule has 2 amide bonds. The Hall–Kier alpha value is -3.79. The molecule has 10 heteroatoms. The molecule has 3 aromatic rings. The minimum atomic E-state index is -0.739. The molecule has 10 nitrogen and oxygen atoms in total. The van der Waals surface area contributed by atoms with Crippen molar-refractivity contribution in [3.05, 3.63) is 47.8 Å². The summed E-state index contributed by atoms with van der Waals surface area (Å²) in [4.78, 5) is 43.2. The van der Waals surface area contributed by atoms with Crippen LogP contribution >= 0.6 is 0 Å². The summed E-state index contributed by atoms with van der Waals surface area (Å²) < 4.78 is 7.12. The molecular formula is C27H33N5O5. The Labute approximate surface area is 215 Å². The van der Waals surface area contributed by atoms with Crippen LogP contribution in [0.2, 0.25) is 0 Å². The molecule has 0 spiro atoms. The number of carbonyl (C=O) groups is 3. The Morgan fingerprint density at radius 3 is 2.57 bits per heavy atom. The van der Waals surface area contributed by atoms with Gasteiger partial charge in [0.2, 0.25) is 11.8 Å². The van der Waals surface area contributed by atoms with Gasteiger partial charge < -0.3 is 20.1 Å². The van der Waals surface area contributed by atoms with Gasteiger partial charge in [0.05, 0.1) is 18.2 Å². The second-order valence-electron chi connectivity index (χ2n) is 10.0. The molecular weight excluding hydrogens is 474 g/mol. The SMILES string of the molecule is COc1cc2nn(CC(=O)N3CCC(C(C)(C)O)CC3)cc2cc1CC(=O)c1cccc(NC(C)=O)n1. The first-order valence-corrected chi connectivity index (χ1v) is 12.4. The molecule has 37 heavy (non-hydrogen) atoms. The summed E-state index contributed by atoms with van der Waals surface area (Å²) >= 11 is 0. The van der Waals surface area contributed by atoms with E-state index in [1.807, 2.05) is 24.8 Å². The zero-order chi connectivity index (χ0) is 26.7. The Balaban J connectivity index is 1.47. The Morgan fingerprint density at radius 2 is 1.92 bits per heavy atom. The Morgan fingerprint density at radius 1 is 1.19 bits per heavy atom. The lowest BCUT2D eigenvalue weighted by atomic mass is 9.83. The van der Waals surface area contributed by atoms with Crippen molar-refractivity contribution in [3.63, 3.8) is 0 Å². The molecule has 0 atom stereocenters. The van der Waals surface area contributed by atoms with Crippen LogP contribution in [0.15, 0.2) is 36.5 Å². The predicted molar refractivity (Wildman–Crippen MR) is 138 cm³/mol. The summed E-state index contributed by atoms with van der Waals surface area (Å²) in [5, 5.41) is 18.2. The van der Waals surface area contributed by atoms with Gasteiger partial charge in [0.15, 0.2) is 5.78 Å². The Kier molecular flexibility index (Phi) is 7.58. The van der Waals surface area contributed by atoms with E-state index in [1.54, 1.807) is 35.1 Å². The zero-order valence-electron chi connectivity index (χ0n) is 21.7. The van der Waals surface area contributed by atoms with Crippen LogP contribution < -0.4 is 10.1 Å². The Bertz CT molecular complexity index is 1320. The molecule has 196 valence electrons. The maximum absolute atomic E-state index is 12.9. The summed E-state index contributed by atoms with van der Waals surface area (Å²) in [7, 11) is 1.53. The monoisotopic (exact) mass is 507 g/mol. The summed E-state index contributed by atoms with van der Waals surface area (Å²) in [6.07, 6.45) is 3.39. The zero-order valence-corrected chi connectivity index (χ0v) is 21.7. The molecule has 1 aliphatic heterocycles.